The fraction of sp³-hybridized carbons (Fsp3) is 0.522. The SMILES string of the molecule is CC1(C)O[C@@H]2[C@@H](COP3(=O)OCCC(c4cccc(F)c4F)O3)O[C@@H](n3cnc4c(N)ncnc43)[C@]2(C)O1. The number of halogens is 2. The number of ether oxygens (including phenoxy) is 3. The number of aromatic nitrogens is 4. The number of nitrogen functional groups attached to an aromatic ring is 1. The number of nitrogens with zero attached hydrogens (tertiary/aromatic N) is 4. The van der Waals surface area contributed by atoms with Gasteiger partial charge in [-0.2, -0.15) is 0 Å². The molecular formula is C23H26F2N5O7P. The summed E-state index contributed by atoms with van der Waals surface area (Å²) in [5, 5.41) is 0. The highest BCUT2D eigenvalue weighted by Crippen LogP contribution is 2.58. The Hall–Kier alpha value is -2.58. The molecule has 5 heterocycles. The molecule has 3 saturated heterocycles. The summed E-state index contributed by atoms with van der Waals surface area (Å²) in [4.78, 5) is 12.6. The van der Waals surface area contributed by atoms with E-state index in [9.17, 15) is 13.3 Å². The molecule has 0 aliphatic carbocycles. The van der Waals surface area contributed by atoms with Crippen LogP contribution >= 0.6 is 7.82 Å². The molecule has 0 spiro atoms. The van der Waals surface area contributed by atoms with Crippen LogP contribution in [0.5, 0.6) is 0 Å². The van der Waals surface area contributed by atoms with Crippen LogP contribution in [-0.4, -0.2) is 56.3 Å². The number of hydrogen-bond acceptors (Lipinski definition) is 11. The molecule has 3 aliphatic heterocycles. The lowest BCUT2D eigenvalue weighted by molar-refractivity contribution is -0.217. The second-order valence-corrected chi connectivity index (χ2v) is 11.6. The molecule has 6 rings (SSSR count). The first kappa shape index (κ1) is 25.7. The number of benzene rings is 1. The number of anilines is 1. The Morgan fingerprint density at radius 2 is 2.05 bits per heavy atom. The van der Waals surface area contributed by atoms with Gasteiger partial charge in [0.1, 0.15) is 29.7 Å². The molecule has 6 atom stereocenters. The summed E-state index contributed by atoms with van der Waals surface area (Å²) in [5.41, 5.74) is 5.69. The van der Waals surface area contributed by atoms with E-state index < -0.39 is 55.4 Å². The van der Waals surface area contributed by atoms with E-state index in [-0.39, 0.29) is 31.0 Å². The molecule has 2 unspecified atom stereocenters. The predicted octanol–water partition coefficient (Wildman–Crippen LogP) is 3.80. The van der Waals surface area contributed by atoms with Crippen molar-refractivity contribution in [3.05, 3.63) is 48.1 Å². The van der Waals surface area contributed by atoms with Crippen molar-refractivity contribution in [1.29, 1.82) is 0 Å². The second kappa shape index (κ2) is 8.98. The molecule has 0 bridgehead atoms. The van der Waals surface area contributed by atoms with Crippen molar-refractivity contribution < 1.29 is 41.1 Å². The van der Waals surface area contributed by atoms with Crippen molar-refractivity contribution in [2.45, 2.75) is 63.1 Å². The van der Waals surface area contributed by atoms with Crippen LogP contribution < -0.4 is 5.73 Å². The summed E-state index contributed by atoms with van der Waals surface area (Å²) in [5.74, 6) is -2.85. The van der Waals surface area contributed by atoms with E-state index in [0.29, 0.717) is 11.2 Å². The highest BCUT2D eigenvalue weighted by molar-refractivity contribution is 7.48. The third-order valence-corrected chi connectivity index (χ3v) is 8.30. The van der Waals surface area contributed by atoms with Gasteiger partial charge in [-0.1, -0.05) is 12.1 Å². The first-order valence-electron chi connectivity index (χ1n) is 12.0. The molecule has 1 aromatic carbocycles. The van der Waals surface area contributed by atoms with Gasteiger partial charge in [-0.25, -0.2) is 28.3 Å². The maximum atomic E-state index is 14.3. The molecule has 38 heavy (non-hydrogen) atoms. The summed E-state index contributed by atoms with van der Waals surface area (Å²) in [7, 11) is -4.16. The monoisotopic (exact) mass is 553 g/mol. The van der Waals surface area contributed by atoms with E-state index in [1.807, 2.05) is 6.92 Å². The van der Waals surface area contributed by atoms with Gasteiger partial charge in [-0.05, 0) is 26.8 Å². The number of rotatable bonds is 5. The van der Waals surface area contributed by atoms with E-state index in [1.165, 1.54) is 24.8 Å². The average molecular weight is 553 g/mol. The molecule has 2 aromatic heterocycles. The van der Waals surface area contributed by atoms with Gasteiger partial charge in [0.25, 0.3) is 0 Å². The summed E-state index contributed by atoms with van der Waals surface area (Å²) < 4.78 is 78.3. The van der Waals surface area contributed by atoms with Crippen LogP contribution in [0.1, 0.15) is 45.1 Å². The molecule has 12 nitrogen and oxygen atoms in total. The lowest BCUT2D eigenvalue weighted by atomic mass is 9.96. The quantitative estimate of drug-likeness (QED) is 0.461. The van der Waals surface area contributed by atoms with Crippen molar-refractivity contribution in [1.82, 2.24) is 19.5 Å². The Bertz CT molecular complexity index is 1440. The Labute approximate surface area is 216 Å². The van der Waals surface area contributed by atoms with Gasteiger partial charge in [-0.15, -0.1) is 0 Å². The molecule has 0 amide bonds. The molecule has 3 aliphatic rings. The Kier molecular flexibility index (Phi) is 6.07. The first-order chi connectivity index (χ1) is 18.0. The molecule has 204 valence electrons. The number of hydrogen-bond donors (Lipinski definition) is 1. The van der Waals surface area contributed by atoms with Gasteiger partial charge < -0.3 is 19.9 Å². The summed E-state index contributed by atoms with van der Waals surface area (Å²) >= 11 is 0. The zero-order valence-corrected chi connectivity index (χ0v) is 21.6. The average Bonchev–Trinajstić information content (AvgIpc) is 3.47. The van der Waals surface area contributed by atoms with Crippen molar-refractivity contribution >= 4 is 24.8 Å². The summed E-state index contributed by atoms with van der Waals surface area (Å²) in [6, 6.07) is 3.71. The van der Waals surface area contributed by atoms with Crippen molar-refractivity contribution in [3.63, 3.8) is 0 Å². The van der Waals surface area contributed by atoms with Crippen LogP contribution in [0.25, 0.3) is 11.2 Å². The minimum absolute atomic E-state index is 0.0397. The Morgan fingerprint density at radius 3 is 2.87 bits per heavy atom. The summed E-state index contributed by atoms with van der Waals surface area (Å²) in [6.07, 6.45) is -0.220. The molecule has 0 radical (unpaired) electrons. The highest BCUT2D eigenvalue weighted by Gasteiger charge is 2.64. The van der Waals surface area contributed by atoms with Crippen LogP contribution in [-0.2, 0) is 32.3 Å². The topological polar surface area (TPSA) is 142 Å². The van der Waals surface area contributed by atoms with Crippen molar-refractivity contribution in [3.8, 4) is 0 Å². The Morgan fingerprint density at radius 1 is 1.24 bits per heavy atom. The van der Waals surface area contributed by atoms with E-state index in [2.05, 4.69) is 15.0 Å². The smallest absolute Gasteiger partial charge is 0.382 e. The van der Waals surface area contributed by atoms with Gasteiger partial charge in [-0.3, -0.25) is 18.1 Å². The second-order valence-electron chi connectivity index (χ2n) is 9.94. The number of fused-ring (bicyclic) bond motifs is 2. The maximum absolute atomic E-state index is 14.3. The van der Waals surface area contributed by atoms with E-state index in [0.717, 1.165) is 6.07 Å². The van der Waals surface area contributed by atoms with Crippen LogP contribution in [0.2, 0.25) is 0 Å². The molecule has 3 aromatic rings. The lowest BCUT2D eigenvalue weighted by Crippen LogP contribution is -2.42. The highest BCUT2D eigenvalue weighted by atomic mass is 31.2. The minimum Gasteiger partial charge on any atom is -0.382 e. The largest absolute Gasteiger partial charge is 0.475 e. The maximum Gasteiger partial charge on any atom is 0.475 e. The van der Waals surface area contributed by atoms with E-state index in [1.54, 1.807) is 18.4 Å². The molecule has 15 heteroatoms. The molecule has 2 N–H and O–H groups in total. The van der Waals surface area contributed by atoms with Gasteiger partial charge in [0.15, 0.2) is 35.1 Å². The van der Waals surface area contributed by atoms with Crippen LogP contribution in [0.4, 0.5) is 14.6 Å². The predicted molar refractivity (Wildman–Crippen MR) is 126 cm³/mol. The minimum atomic E-state index is -4.16. The number of phosphoric acid groups is 1. The van der Waals surface area contributed by atoms with Crippen LogP contribution in [0.3, 0.4) is 0 Å². The third kappa shape index (κ3) is 4.20. The zero-order valence-electron chi connectivity index (χ0n) is 20.7. The van der Waals surface area contributed by atoms with Crippen molar-refractivity contribution in [2.24, 2.45) is 0 Å². The number of imidazole rings is 1. The van der Waals surface area contributed by atoms with Crippen LogP contribution in [0.15, 0.2) is 30.9 Å². The molecular weight excluding hydrogens is 527 g/mol. The normalized spacial score (nSPS) is 34.6. The van der Waals surface area contributed by atoms with Gasteiger partial charge in [0.2, 0.25) is 0 Å². The van der Waals surface area contributed by atoms with E-state index >= 15 is 0 Å². The first-order valence-corrected chi connectivity index (χ1v) is 13.4. The number of nitrogens with two attached hydrogens (primary N) is 1. The van der Waals surface area contributed by atoms with E-state index in [4.69, 9.17) is 33.5 Å². The van der Waals surface area contributed by atoms with Crippen LogP contribution in [0, 0.1) is 11.6 Å². The molecule has 0 saturated carbocycles. The van der Waals surface area contributed by atoms with Gasteiger partial charge in [0, 0.05) is 12.0 Å². The Balaban J connectivity index is 1.24. The fourth-order valence-corrected chi connectivity index (χ4v) is 6.66. The standard InChI is InChI=1S/C23H26F2N5O7P/c1-22(2)35-18-15(9-33-38(31)32-8-7-14(36-38)12-5-4-6-13(24)16(12)25)34-21(23(18,3)37-22)30-11-29-17-19(26)27-10-28-20(17)30/h4-6,10-11,14-15,18,21H,7-9H2,1-3H3,(H2,26,27,28)/t14?,15-,18-,21-,23-,38?/m1/s1. The zero-order chi connectivity index (χ0) is 26.9. The van der Waals surface area contributed by atoms with Crippen molar-refractivity contribution in [2.75, 3.05) is 18.9 Å². The fourth-order valence-electron chi connectivity index (χ4n) is 5.28. The van der Waals surface area contributed by atoms with Gasteiger partial charge >= 0.3 is 7.82 Å². The summed E-state index contributed by atoms with van der Waals surface area (Å²) in [6.45, 7) is 5.06. The molecule has 3 fully saturated rings. The lowest BCUT2D eigenvalue weighted by Gasteiger charge is -2.30. The third-order valence-electron chi connectivity index (χ3n) is 6.82. The van der Waals surface area contributed by atoms with Gasteiger partial charge in [0.05, 0.1) is 25.6 Å². The number of phosphoric ester groups is 1.